The van der Waals surface area contributed by atoms with E-state index in [-0.39, 0.29) is 22.8 Å². The van der Waals surface area contributed by atoms with Crippen molar-refractivity contribution in [2.75, 3.05) is 6.61 Å². The van der Waals surface area contributed by atoms with Crippen LogP contribution in [-0.2, 0) is 15.0 Å². The minimum Gasteiger partial charge on any atom is -0.348 e. The predicted octanol–water partition coefficient (Wildman–Crippen LogP) is 5.27. The fraction of sp³-hybridized carbons (Fsp3) is 0.217. The van der Waals surface area contributed by atoms with E-state index in [4.69, 9.17) is 4.74 Å². The largest absolute Gasteiger partial charge is 0.436 e. The van der Waals surface area contributed by atoms with Crippen molar-refractivity contribution in [1.29, 1.82) is 0 Å². The lowest BCUT2D eigenvalue weighted by Gasteiger charge is -2.39. The zero-order valence-electron chi connectivity index (χ0n) is 16.7. The van der Waals surface area contributed by atoms with E-state index in [9.17, 15) is 17.7 Å². The van der Waals surface area contributed by atoms with Gasteiger partial charge in [-0.3, -0.25) is 4.57 Å². The molecule has 0 aliphatic rings. The van der Waals surface area contributed by atoms with Crippen molar-refractivity contribution in [1.82, 2.24) is 5.09 Å². The number of alkyl halides is 3. The van der Waals surface area contributed by atoms with Gasteiger partial charge in [0.25, 0.3) is 0 Å². The van der Waals surface area contributed by atoms with Crippen LogP contribution in [0.2, 0.25) is 0 Å². The average Bonchev–Trinajstić information content (AvgIpc) is 2.74. The SMILES string of the molecule is CCOC(NP(=O)(c1ccccc1)c1ccccc1)(c1cccc(C)c1)C(F)(F)F. The van der Waals surface area contributed by atoms with E-state index in [1.807, 2.05) is 0 Å². The highest BCUT2D eigenvalue weighted by Crippen LogP contribution is 2.50. The Morgan fingerprint density at radius 2 is 1.40 bits per heavy atom. The monoisotopic (exact) mass is 433 g/mol. The average molecular weight is 433 g/mol. The van der Waals surface area contributed by atoms with E-state index in [1.165, 1.54) is 25.1 Å². The summed E-state index contributed by atoms with van der Waals surface area (Å²) in [6, 6.07) is 22.2. The smallest absolute Gasteiger partial charge is 0.348 e. The highest BCUT2D eigenvalue weighted by molar-refractivity contribution is 7.77. The number of halogens is 3. The first-order valence-electron chi connectivity index (χ1n) is 9.51. The van der Waals surface area contributed by atoms with Crippen LogP contribution in [0, 0.1) is 6.92 Å². The van der Waals surface area contributed by atoms with Gasteiger partial charge in [-0.15, -0.1) is 0 Å². The van der Waals surface area contributed by atoms with Crippen LogP contribution in [0.4, 0.5) is 13.2 Å². The van der Waals surface area contributed by atoms with Crippen LogP contribution in [0.1, 0.15) is 18.1 Å². The summed E-state index contributed by atoms with van der Waals surface area (Å²) in [5.41, 5.74) is -2.46. The second kappa shape index (κ2) is 8.76. The van der Waals surface area contributed by atoms with Crippen molar-refractivity contribution < 1.29 is 22.5 Å². The molecule has 0 aliphatic heterocycles. The molecule has 3 aromatic rings. The number of nitrogens with one attached hydrogen (secondary N) is 1. The minimum absolute atomic E-state index is 0.149. The molecule has 0 saturated carbocycles. The Kier molecular flexibility index (Phi) is 6.51. The van der Waals surface area contributed by atoms with E-state index < -0.39 is 19.2 Å². The van der Waals surface area contributed by atoms with E-state index in [0.717, 1.165) is 0 Å². The molecule has 0 bridgehead atoms. The summed E-state index contributed by atoms with van der Waals surface area (Å²) >= 11 is 0. The summed E-state index contributed by atoms with van der Waals surface area (Å²) in [5.74, 6) is 0. The van der Waals surface area contributed by atoms with Crippen molar-refractivity contribution in [3.63, 3.8) is 0 Å². The number of benzene rings is 3. The molecule has 0 heterocycles. The van der Waals surface area contributed by atoms with Crippen molar-refractivity contribution >= 4 is 17.9 Å². The lowest BCUT2D eigenvalue weighted by atomic mass is 10.0. The molecule has 0 aliphatic carbocycles. The fourth-order valence-corrected chi connectivity index (χ4v) is 5.85. The lowest BCUT2D eigenvalue weighted by Crippen LogP contribution is -2.56. The first-order chi connectivity index (χ1) is 14.2. The molecule has 1 unspecified atom stereocenters. The maximum absolute atomic E-state index is 14.6. The maximum Gasteiger partial charge on any atom is 0.436 e. The van der Waals surface area contributed by atoms with Crippen LogP contribution in [0.3, 0.4) is 0 Å². The van der Waals surface area contributed by atoms with Gasteiger partial charge in [0.1, 0.15) is 0 Å². The van der Waals surface area contributed by atoms with Crippen LogP contribution in [-0.4, -0.2) is 12.8 Å². The Morgan fingerprint density at radius 1 is 0.867 bits per heavy atom. The quantitative estimate of drug-likeness (QED) is 0.408. The van der Waals surface area contributed by atoms with Gasteiger partial charge in [-0.1, -0.05) is 66.2 Å². The van der Waals surface area contributed by atoms with Crippen LogP contribution < -0.4 is 15.7 Å². The van der Waals surface area contributed by atoms with Crippen molar-refractivity contribution in [3.05, 3.63) is 96.1 Å². The van der Waals surface area contributed by atoms with Gasteiger partial charge in [0.2, 0.25) is 13.0 Å². The second-order valence-corrected chi connectivity index (χ2v) is 9.35. The third-order valence-electron chi connectivity index (χ3n) is 4.74. The molecule has 158 valence electrons. The van der Waals surface area contributed by atoms with Gasteiger partial charge in [-0.05, 0) is 38.1 Å². The third kappa shape index (κ3) is 4.22. The van der Waals surface area contributed by atoms with Crippen molar-refractivity contribution in [2.24, 2.45) is 0 Å². The summed E-state index contributed by atoms with van der Waals surface area (Å²) in [4.78, 5) is 0. The van der Waals surface area contributed by atoms with Gasteiger partial charge in [-0.2, -0.15) is 13.2 Å². The van der Waals surface area contributed by atoms with Gasteiger partial charge < -0.3 is 4.74 Å². The Labute approximate surface area is 174 Å². The Morgan fingerprint density at radius 3 is 1.83 bits per heavy atom. The molecule has 3 aromatic carbocycles. The fourth-order valence-electron chi connectivity index (χ4n) is 3.35. The molecule has 1 atom stereocenters. The summed E-state index contributed by atoms with van der Waals surface area (Å²) in [5, 5.41) is 2.99. The molecule has 0 fully saturated rings. The van der Waals surface area contributed by atoms with Crippen molar-refractivity contribution in [3.8, 4) is 0 Å². The molecule has 0 amide bonds. The van der Waals surface area contributed by atoms with E-state index in [1.54, 1.807) is 73.7 Å². The summed E-state index contributed by atoms with van der Waals surface area (Å²) < 4.78 is 63.6. The van der Waals surface area contributed by atoms with E-state index >= 15 is 0 Å². The predicted molar refractivity (Wildman–Crippen MR) is 113 cm³/mol. The van der Waals surface area contributed by atoms with E-state index in [2.05, 4.69) is 5.09 Å². The number of rotatable bonds is 7. The van der Waals surface area contributed by atoms with Gasteiger partial charge >= 0.3 is 6.18 Å². The standard InChI is InChI=1S/C23H23F3NO2P/c1-3-29-22(23(24,25)26,19-12-10-11-18(2)17-19)27-30(28,20-13-6-4-7-14-20)21-15-8-5-9-16-21/h4-17H,3H2,1-2H3,(H,27,28). The van der Waals surface area contributed by atoms with Crippen LogP contribution in [0.5, 0.6) is 0 Å². The summed E-state index contributed by atoms with van der Waals surface area (Å²) in [7, 11) is -3.95. The molecule has 3 nitrogen and oxygen atoms in total. The molecule has 0 radical (unpaired) electrons. The van der Waals surface area contributed by atoms with Gasteiger partial charge in [0.05, 0.1) is 0 Å². The zero-order valence-corrected chi connectivity index (χ0v) is 17.6. The molecule has 0 saturated heterocycles. The summed E-state index contributed by atoms with van der Waals surface area (Å²) in [6.45, 7) is 2.95. The molecule has 7 heteroatoms. The zero-order chi connectivity index (χ0) is 21.8. The number of aryl methyl sites for hydroxylation is 1. The van der Waals surface area contributed by atoms with Gasteiger partial charge in [0, 0.05) is 22.8 Å². The van der Waals surface area contributed by atoms with Gasteiger partial charge in [0.15, 0.2) is 0 Å². The molecular formula is C23H23F3NO2P. The van der Waals surface area contributed by atoms with E-state index in [0.29, 0.717) is 5.56 Å². The highest BCUT2D eigenvalue weighted by Gasteiger charge is 2.60. The lowest BCUT2D eigenvalue weighted by molar-refractivity contribution is -0.289. The van der Waals surface area contributed by atoms with Gasteiger partial charge in [-0.25, -0.2) is 5.09 Å². The molecule has 3 rings (SSSR count). The molecular weight excluding hydrogens is 410 g/mol. The Hall–Kier alpha value is -2.40. The maximum atomic E-state index is 14.6. The minimum atomic E-state index is -4.88. The first-order valence-corrected chi connectivity index (χ1v) is 11.2. The number of ether oxygens (including phenoxy) is 1. The molecule has 1 N–H and O–H groups in total. The molecule has 0 spiro atoms. The highest BCUT2D eigenvalue weighted by atomic mass is 31.2. The second-order valence-electron chi connectivity index (χ2n) is 6.87. The third-order valence-corrected chi connectivity index (χ3v) is 7.42. The molecule has 0 aromatic heterocycles. The first kappa shape index (κ1) is 22.3. The van der Waals surface area contributed by atoms with Crippen molar-refractivity contribution in [2.45, 2.75) is 25.7 Å². The number of hydrogen-bond donors (Lipinski definition) is 1. The van der Waals surface area contributed by atoms with Crippen LogP contribution in [0.25, 0.3) is 0 Å². The Bertz CT molecular complexity index is 982. The summed E-state index contributed by atoms with van der Waals surface area (Å²) in [6.07, 6.45) is -4.88. The molecule has 30 heavy (non-hydrogen) atoms. The van der Waals surface area contributed by atoms with Crippen LogP contribution >= 0.6 is 7.29 Å². The number of hydrogen-bond acceptors (Lipinski definition) is 2. The topological polar surface area (TPSA) is 38.3 Å². The van der Waals surface area contributed by atoms with Crippen LogP contribution in [0.15, 0.2) is 84.9 Å². The normalized spacial score (nSPS) is 14.3. The Balaban J connectivity index is 2.28.